The van der Waals surface area contributed by atoms with E-state index in [0.29, 0.717) is 32.3 Å². The molecule has 1 aliphatic heterocycles. The van der Waals surface area contributed by atoms with Crippen LogP contribution in [0.5, 0.6) is 0 Å². The zero-order valence-corrected chi connectivity index (χ0v) is 18.5. The van der Waals surface area contributed by atoms with E-state index in [1.807, 2.05) is 6.92 Å². The molecule has 0 aliphatic carbocycles. The number of rotatable bonds is 9. The van der Waals surface area contributed by atoms with Crippen LogP contribution in [0.15, 0.2) is 11.2 Å². The monoisotopic (exact) mass is 519 g/mol. The highest BCUT2D eigenvalue weighted by atomic mass is 127. The minimum absolute atomic E-state index is 0. The van der Waals surface area contributed by atoms with Crippen molar-refractivity contribution in [1.29, 1.82) is 0 Å². The van der Waals surface area contributed by atoms with Crippen LogP contribution in [-0.4, -0.2) is 54.8 Å². The highest BCUT2D eigenvalue weighted by molar-refractivity contribution is 14.0. The van der Waals surface area contributed by atoms with E-state index in [2.05, 4.69) is 20.7 Å². The zero-order valence-electron chi connectivity index (χ0n) is 16.2. The molecule has 1 aliphatic rings. The van der Waals surface area contributed by atoms with Gasteiger partial charge in [-0.05, 0) is 26.2 Å². The second kappa shape index (κ2) is 12.5. The molecule has 0 aromatic carbocycles. The summed E-state index contributed by atoms with van der Waals surface area (Å²) < 4.78 is 51.2. The van der Waals surface area contributed by atoms with E-state index in [0.717, 1.165) is 30.6 Å². The molecule has 1 atom stereocenters. The van der Waals surface area contributed by atoms with Gasteiger partial charge in [0.05, 0.1) is 19.3 Å². The first kappa shape index (κ1) is 25.0. The van der Waals surface area contributed by atoms with Gasteiger partial charge < -0.3 is 20.1 Å². The van der Waals surface area contributed by atoms with Gasteiger partial charge in [0.2, 0.25) is 0 Å². The fraction of sp³-hybridized carbons (Fsp3) is 0.765. The van der Waals surface area contributed by atoms with Gasteiger partial charge in [-0.15, -0.1) is 24.0 Å². The minimum Gasteiger partial charge on any atom is -0.379 e. The molecule has 1 aromatic heterocycles. The van der Waals surface area contributed by atoms with Gasteiger partial charge in [0.25, 0.3) is 0 Å². The van der Waals surface area contributed by atoms with Crippen molar-refractivity contribution in [2.24, 2.45) is 12.0 Å². The summed E-state index contributed by atoms with van der Waals surface area (Å²) in [4.78, 5) is 4.23. The van der Waals surface area contributed by atoms with Gasteiger partial charge >= 0.3 is 6.18 Å². The molecule has 2 N–H and O–H groups in total. The second-order valence-electron chi connectivity index (χ2n) is 6.36. The molecule has 0 bridgehead atoms. The van der Waals surface area contributed by atoms with E-state index in [1.54, 1.807) is 0 Å². The van der Waals surface area contributed by atoms with Gasteiger partial charge in [0, 0.05) is 45.1 Å². The lowest BCUT2D eigenvalue weighted by Crippen LogP contribution is -2.38. The summed E-state index contributed by atoms with van der Waals surface area (Å²) in [5.41, 5.74) is -0.853. The molecule has 1 unspecified atom stereocenters. The summed E-state index contributed by atoms with van der Waals surface area (Å²) in [5, 5.41) is 9.62. The van der Waals surface area contributed by atoms with E-state index >= 15 is 0 Å². The smallest absolute Gasteiger partial charge is 0.379 e. The maximum atomic E-state index is 13.0. The van der Waals surface area contributed by atoms with Crippen LogP contribution in [0.25, 0.3) is 0 Å². The van der Waals surface area contributed by atoms with E-state index in [4.69, 9.17) is 9.47 Å². The molecule has 162 valence electrons. The molecule has 1 fully saturated rings. The SMILES string of the molecule is CCNC(=NCc1cn(C)nc1C(F)(F)F)NCCCOCC1CCCO1.I. The van der Waals surface area contributed by atoms with Crippen LogP contribution in [0, 0.1) is 0 Å². The van der Waals surface area contributed by atoms with Gasteiger partial charge in [0.1, 0.15) is 0 Å². The third kappa shape index (κ3) is 8.52. The van der Waals surface area contributed by atoms with Crippen molar-refractivity contribution < 1.29 is 22.6 Å². The lowest BCUT2D eigenvalue weighted by molar-refractivity contribution is -0.142. The first-order chi connectivity index (χ1) is 12.9. The number of nitrogens with zero attached hydrogens (tertiary/aromatic N) is 3. The van der Waals surface area contributed by atoms with Crippen LogP contribution in [0.3, 0.4) is 0 Å². The standard InChI is InChI=1S/C17H28F3N5O2.HI/c1-3-21-16(22-7-5-8-26-12-14-6-4-9-27-14)23-10-13-11-25(2)24-15(13)17(18,19)20;/h11,14H,3-10,12H2,1-2H3,(H2,21,22,23);1H. The van der Waals surface area contributed by atoms with E-state index in [9.17, 15) is 13.2 Å². The summed E-state index contributed by atoms with van der Waals surface area (Å²) >= 11 is 0. The molecular weight excluding hydrogens is 490 g/mol. The number of ether oxygens (including phenoxy) is 2. The third-order valence-electron chi connectivity index (χ3n) is 4.01. The normalized spacial score (nSPS) is 17.5. The highest BCUT2D eigenvalue weighted by Crippen LogP contribution is 2.30. The molecule has 0 amide bonds. The molecule has 1 saturated heterocycles. The Morgan fingerprint density at radius 1 is 1.43 bits per heavy atom. The number of hydrogen-bond donors (Lipinski definition) is 2. The van der Waals surface area contributed by atoms with E-state index in [-0.39, 0.29) is 42.2 Å². The van der Waals surface area contributed by atoms with Gasteiger partial charge in [-0.1, -0.05) is 0 Å². The maximum Gasteiger partial charge on any atom is 0.435 e. The summed E-state index contributed by atoms with van der Waals surface area (Å²) in [5.74, 6) is 0.466. The average molecular weight is 519 g/mol. The molecule has 7 nitrogen and oxygen atoms in total. The van der Waals surface area contributed by atoms with Crippen LogP contribution in [0.2, 0.25) is 0 Å². The van der Waals surface area contributed by atoms with Crippen molar-refractivity contribution in [1.82, 2.24) is 20.4 Å². The average Bonchev–Trinajstić information content (AvgIpc) is 3.24. The number of aliphatic imine (C=N–C) groups is 1. The third-order valence-corrected chi connectivity index (χ3v) is 4.01. The highest BCUT2D eigenvalue weighted by Gasteiger charge is 2.36. The van der Waals surface area contributed by atoms with E-state index in [1.165, 1.54) is 13.2 Å². The second-order valence-corrected chi connectivity index (χ2v) is 6.36. The van der Waals surface area contributed by atoms with Gasteiger partial charge in [-0.3, -0.25) is 4.68 Å². The van der Waals surface area contributed by atoms with Crippen LogP contribution in [0.1, 0.15) is 37.4 Å². The number of nitrogens with one attached hydrogen (secondary N) is 2. The number of halogens is 4. The molecule has 1 aromatic rings. The fourth-order valence-corrected chi connectivity index (χ4v) is 2.77. The van der Waals surface area contributed by atoms with Crippen LogP contribution in [-0.2, 0) is 29.2 Å². The Morgan fingerprint density at radius 3 is 2.86 bits per heavy atom. The number of hydrogen-bond acceptors (Lipinski definition) is 4. The Kier molecular flexibility index (Phi) is 11.1. The number of aryl methyl sites for hydroxylation is 1. The summed E-state index contributed by atoms with van der Waals surface area (Å²) in [6.07, 6.45) is -0.0427. The largest absolute Gasteiger partial charge is 0.435 e. The lowest BCUT2D eigenvalue weighted by atomic mass is 10.2. The molecule has 11 heteroatoms. The summed E-state index contributed by atoms with van der Waals surface area (Å²) in [7, 11) is 1.46. The van der Waals surface area contributed by atoms with Crippen LogP contribution >= 0.6 is 24.0 Å². The van der Waals surface area contributed by atoms with E-state index < -0.39 is 11.9 Å². The van der Waals surface area contributed by atoms with Gasteiger partial charge in [-0.2, -0.15) is 18.3 Å². The summed E-state index contributed by atoms with van der Waals surface area (Å²) in [6, 6.07) is 0. The maximum absolute atomic E-state index is 13.0. The Bertz CT molecular complexity index is 604. The molecule has 2 rings (SSSR count). The number of alkyl halides is 3. The summed E-state index contributed by atoms with van der Waals surface area (Å²) in [6.45, 7) is 5.02. The number of guanidine groups is 1. The van der Waals surface area contributed by atoms with Crippen molar-refractivity contribution in [2.45, 2.75) is 45.0 Å². The fourth-order valence-electron chi connectivity index (χ4n) is 2.77. The van der Waals surface area contributed by atoms with Crippen LogP contribution in [0.4, 0.5) is 13.2 Å². The van der Waals surface area contributed by atoms with Crippen molar-refractivity contribution >= 4 is 29.9 Å². The van der Waals surface area contributed by atoms with Crippen molar-refractivity contribution in [2.75, 3.05) is 32.9 Å². The lowest BCUT2D eigenvalue weighted by Gasteiger charge is -2.13. The quantitative estimate of drug-likeness (QED) is 0.227. The Hall–Kier alpha value is -1.08. The Labute approximate surface area is 180 Å². The zero-order chi connectivity index (χ0) is 19.7. The molecule has 2 heterocycles. The predicted octanol–water partition coefficient (Wildman–Crippen LogP) is 2.70. The molecule has 0 spiro atoms. The van der Waals surface area contributed by atoms with Crippen molar-refractivity contribution in [3.63, 3.8) is 0 Å². The van der Waals surface area contributed by atoms with Crippen molar-refractivity contribution in [3.8, 4) is 0 Å². The predicted molar refractivity (Wildman–Crippen MR) is 111 cm³/mol. The minimum atomic E-state index is -4.49. The topological polar surface area (TPSA) is 72.7 Å². The molecule has 0 radical (unpaired) electrons. The Balaban J connectivity index is 0.00000392. The molecular formula is C17H29F3IN5O2. The van der Waals surface area contributed by atoms with Gasteiger partial charge in [0.15, 0.2) is 11.7 Å². The van der Waals surface area contributed by atoms with Gasteiger partial charge in [-0.25, -0.2) is 4.99 Å². The molecule has 0 saturated carbocycles. The molecule has 28 heavy (non-hydrogen) atoms. The first-order valence-electron chi connectivity index (χ1n) is 9.21. The van der Waals surface area contributed by atoms with Crippen molar-refractivity contribution in [3.05, 3.63) is 17.5 Å². The Morgan fingerprint density at radius 2 is 2.21 bits per heavy atom. The first-order valence-corrected chi connectivity index (χ1v) is 9.21. The number of aromatic nitrogens is 2. The van der Waals surface area contributed by atoms with Crippen LogP contribution < -0.4 is 10.6 Å².